The van der Waals surface area contributed by atoms with Gasteiger partial charge in [0.2, 0.25) is 6.10 Å². The van der Waals surface area contributed by atoms with Gasteiger partial charge < -0.3 is 9.47 Å². The summed E-state index contributed by atoms with van der Waals surface area (Å²) in [5.41, 5.74) is 1.10. The first kappa shape index (κ1) is 18.7. The summed E-state index contributed by atoms with van der Waals surface area (Å²) in [5.74, 6) is -1.63. The minimum absolute atomic E-state index is 0.158. The lowest BCUT2D eigenvalue weighted by molar-refractivity contribution is -0.151. The third-order valence-electron chi connectivity index (χ3n) is 3.33. The topological polar surface area (TPSA) is 86.7 Å². The SMILES string of the molecule is COC(=O)[C@H](OC(=O)c1cccc(CS(C)(=O)=O)c1)c1ccccc1. The van der Waals surface area contributed by atoms with E-state index in [9.17, 15) is 18.0 Å². The van der Waals surface area contributed by atoms with Gasteiger partial charge in [-0.1, -0.05) is 42.5 Å². The van der Waals surface area contributed by atoms with Crippen molar-refractivity contribution in [1.82, 2.24) is 0 Å². The fraction of sp³-hybridized carbons (Fsp3) is 0.222. The van der Waals surface area contributed by atoms with Gasteiger partial charge in [0.05, 0.1) is 18.4 Å². The number of methoxy groups -OCH3 is 1. The minimum atomic E-state index is -3.23. The second-order valence-electron chi connectivity index (χ2n) is 5.49. The Morgan fingerprint density at radius 1 is 1.04 bits per heavy atom. The first-order chi connectivity index (χ1) is 11.8. The Hall–Kier alpha value is -2.67. The van der Waals surface area contributed by atoms with Crippen LogP contribution in [-0.4, -0.2) is 33.7 Å². The lowest BCUT2D eigenvalue weighted by atomic mass is 10.1. The number of benzene rings is 2. The van der Waals surface area contributed by atoms with Crippen LogP contribution in [0, 0.1) is 0 Å². The fourth-order valence-corrected chi connectivity index (χ4v) is 3.04. The van der Waals surface area contributed by atoms with Crippen molar-refractivity contribution in [1.29, 1.82) is 0 Å². The maximum absolute atomic E-state index is 12.4. The Kier molecular flexibility index (Phi) is 5.93. The molecule has 0 spiro atoms. The van der Waals surface area contributed by atoms with Crippen LogP contribution >= 0.6 is 0 Å². The number of esters is 2. The van der Waals surface area contributed by atoms with Crippen molar-refractivity contribution in [3.05, 3.63) is 71.3 Å². The average molecular weight is 362 g/mol. The van der Waals surface area contributed by atoms with Gasteiger partial charge in [-0.2, -0.15) is 0 Å². The third-order valence-corrected chi connectivity index (χ3v) is 4.19. The maximum Gasteiger partial charge on any atom is 0.351 e. The first-order valence-corrected chi connectivity index (χ1v) is 9.46. The van der Waals surface area contributed by atoms with E-state index in [1.807, 2.05) is 0 Å². The molecule has 0 aromatic heterocycles. The summed E-state index contributed by atoms with van der Waals surface area (Å²) in [7, 11) is -2.02. The molecule has 0 amide bonds. The Balaban J connectivity index is 2.24. The number of carbonyl (C=O) groups is 2. The molecule has 0 saturated carbocycles. The molecule has 7 heteroatoms. The lowest BCUT2D eigenvalue weighted by Crippen LogP contribution is -2.21. The minimum Gasteiger partial charge on any atom is -0.466 e. The van der Waals surface area contributed by atoms with Gasteiger partial charge in [-0.15, -0.1) is 0 Å². The smallest absolute Gasteiger partial charge is 0.351 e. The standard InChI is InChI=1S/C18H18O6S/c1-23-18(20)16(14-8-4-3-5-9-14)24-17(19)15-10-6-7-13(11-15)12-25(2,21)22/h3-11,16H,12H2,1-2H3/t16-/m1/s1. The molecule has 0 N–H and O–H groups in total. The van der Waals surface area contributed by atoms with E-state index in [-0.39, 0.29) is 11.3 Å². The van der Waals surface area contributed by atoms with E-state index in [1.54, 1.807) is 42.5 Å². The van der Waals surface area contributed by atoms with E-state index in [0.29, 0.717) is 11.1 Å². The Morgan fingerprint density at radius 3 is 2.32 bits per heavy atom. The van der Waals surface area contributed by atoms with Crippen LogP contribution in [0.4, 0.5) is 0 Å². The van der Waals surface area contributed by atoms with Crippen LogP contribution in [0.25, 0.3) is 0 Å². The summed E-state index contributed by atoms with van der Waals surface area (Å²) >= 11 is 0. The van der Waals surface area contributed by atoms with Crippen molar-refractivity contribution < 1.29 is 27.5 Å². The van der Waals surface area contributed by atoms with Crippen LogP contribution in [-0.2, 0) is 29.9 Å². The molecular formula is C18H18O6S. The highest BCUT2D eigenvalue weighted by Crippen LogP contribution is 2.21. The molecule has 2 aromatic carbocycles. The molecule has 0 fully saturated rings. The fourth-order valence-electron chi connectivity index (χ4n) is 2.25. The number of rotatable bonds is 6. The highest BCUT2D eigenvalue weighted by atomic mass is 32.2. The van der Waals surface area contributed by atoms with E-state index in [4.69, 9.17) is 9.47 Å². The molecule has 2 rings (SSSR count). The molecule has 2 aromatic rings. The van der Waals surface area contributed by atoms with Crippen molar-refractivity contribution in [3.8, 4) is 0 Å². The van der Waals surface area contributed by atoms with Crippen LogP contribution < -0.4 is 0 Å². The zero-order valence-electron chi connectivity index (χ0n) is 13.8. The Morgan fingerprint density at radius 2 is 1.72 bits per heavy atom. The largest absolute Gasteiger partial charge is 0.466 e. The summed E-state index contributed by atoms with van der Waals surface area (Å²) < 4.78 is 32.8. The van der Waals surface area contributed by atoms with Crippen molar-refractivity contribution in [2.45, 2.75) is 11.9 Å². The quantitative estimate of drug-likeness (QED) is 0.733. The summed E-state index contributed by atoms with van der Waals surface area (Å²) in [6.45, 7) is 0. The molecule has 0 heterocycles. The number of hydrogen-bond acceptors (Lipinski definition) is 6. The Bertz CT molecular complexity index is 858. The molecule has 0 bridgehead atoms. The molecule has 132 valence electrons. The normalized spacial score (nSPS) is 12.2. The van der Waals surface area contributed by atoms with Crippen molar-refractivity contribution in [2.75, 3.05) is 13.4 Å². The van der Waals surface area contributed by atoms with Gasteiger partial charge in [0.1, 0.15) is 0 Å². The van der Waals surface area contributed by atoms with Crippen LogP contribution in [0.5, 0.6) is 0 Å². The highest BCUT2D eigenvalue weighted by Gasteiger charge is 2.26. The molecule has 0 aliphatic heterocycles. The van der Waals surface area contributed by atoms with Gasteiger partial charge in [-0.25, -0.2) is 18.0 Å². The molecule has 0 aliphatic rings. The zero-order chi connectivity index (χ0) is 18.4. The van der Waals surface area contributed by atoms with Gasteiger partial charge >= 0.3 is 11.9 Å². The second-order valence-corrected chi connectivity index (χ2v) is 7.63. The zero-order valence-corrected chi connectivity index (χ0v) is 14.7. The van der Waals surface area contributed by atoms with Gasteiger partial charge in [0.25, 0.3) is 0 Å². The van der Waals surface area contributed by atoms with Crippen molar-refractivity contribution in [3.63, 3.8) is 0 Å². The molecule has 0 aliphatic carbocycles. The van der Waals surface area contributed by atoms with Crippen LogP contribution in [0.15, 0.2) is 54.6 Å². The van der Waals surface area contributed by atoms with E-state index < -0.39 is 27.9 Å². The number of ether oxygens (including phenoxy) is 2. The van der Waals surface area contributed by atoms with Crippen LogP contribution in [0.3, 0.4) is 0 Å². The molecular weight excluding hydrogens is 344 g/mol. The molecule has 6 nitrogen and oxygen atoms in total. The number of carbonyl (C=O) groups excluding carboxylic acids is 2. The van der Waals surface area contributed by atoms with Gasteiger partial charge in [-0.3, -0.25) is 0 Å². The molecule has 0 saturated heterocycles. The van der Waals surface area contributed by atoms with E-state index in [0.717, 1.165) is 6.26 Å². The van der Waals surface area contributed by atoms with E-state index in [1.165, 1.54) is 19.2 Å². The number of hydrogen-bond donors (Lipinski definition) is 0. The number of sulfone groups is 1. The van der Waals surface area contributed by atoms with Crippen molar-refractivity contribution >= 4 is 21.8 Å². The molecule has 1 atom stereocenters. The lowest BCUT2D eigenvalue weighted by Gasteiger charge is -2.16. The Labute approximate surface area is 146 Å². The summed E-state index contributed by atoms with van der Waals surface area (Å²) in [6, 6.07) is 14.6. The summed E-state index contributed by atoms with van der Waals surface area (Å²) in [4.78, 5) is 24.3. The van der Waals surface area contributed by atoms with Gasteiger partial charge in [-0.05, 0) is 17.7 Å². The van der Waals surface area contributed by atoms with Crippen LogP contribution in [0.1, 0.15) is 27.6 Å². The monoisotopic (exact) mass is 362 g/mol. The predicted octanol–water partition coefficient (Wildman–Crippen LogP) is 2.30. The van der Waals surface area contributed by atoms with Crippen molar-refractivity contribution in [2.24, 2.45) is 0 Å². The van der Waals surface area contributed by atoms with E-state index >= 15 is 0 Å². The van der Waals surface area contributed by atoms with Gasteiger partial charge in [0.15, 0.2) is 9.84 Å². The predicted molar refractivity (Wildman–Crippen MR) is 91.6 cm³/mol. The van der Waals surface area contributed by atoms with E-state index in [2.05, 4.69) is 0 Å². The van der Waals surface area contributed by atoms with Crippen LogP contribution in [0.2, 0.25) is 0 Å². The average Bonchev–Trinajstić information content (AvgIpc) is 2.58. The summed E-state index contributed by atoms with van der Waals surface area (Å²) in [6.07, 6.45) is -0.0852. The van der Waals surface area contributed by atoms with Gasteiger partial charge in [0, 0.05) is 11.8 Å². The maximum atomic E-state index is 12.4. The molecule has 25 heavy (non-hydrogen) atoms. The summed E-state index contributed by atoms with van der Waals surface area (Å²) in [5, 5.41) is 0. The first-order valence-electron chi connectivity index (χ1n) is 7.40. The molecule has 0 radical (unpaired) electrons. The highest BCUT2D eigenvalue weighted by molar-refractivity contribution is 7.89. The molecule has 0 unspecified atom stereocenters. The third kappa shape index (κ3) is 5.42. The second kappa shape index (κ2) is 7.94.